The maximum atomic E-state index is 13.2. The molecule has 6 heteroatoms. The van der Waals surface area contributed by atoms with Gasteiger partial charge in [0.2, 0.25) is 11.8 Å². The number of anilines is 1. The zero-order chi connectivity index (χ0) is 17.9. The number of nitrogens with zero attached hydrogens (tertiary/aromatic N) is 2. The Bertz CT molecular complexity index is 777. The molecule has 3 aliphatic rings. The molecule has 4 atom stereocenters. The smallest absolute Gasteiger partial charge is 0.330 e. The Balaban J connectivity index is 1.92. The van der Waals surface area contributed by atoms with Gasteiger partial charge in [0.15, 0.2) is 5.41 Å². The van der Waals surface area contributed by atoms with Crippen molar-refractivity contribution in [3.63, 3.8) is 0 Å². The van der Waals surface area contributed by atoms with Gasteiger partial charge in [-0.25, -0.2) is 4.79 Å². The highest BCUT2D eigenvalue weighted by atomic mass is 16.2. The van der Waals surface area contributed by atoms with E-state index in [1.54, 1.807) is 0 Å². The molecule has 1 aromatic carbocycles. The lowest BCUT2D eigenvalue weighted by molar-refractivity contribution is -0.154. The van der Waals surface area contributed by atoms with E-state index in [0.29, 0.717) is 12.3 Å². The fraction of sp³-hybridized carbons (Fsp3) is 0.526. The molecule has 3 aliphatic heterocycles. The molecule has 0 bridgehead atoms. The molecule has 2 fully saturated rings. The number of barbiturate groups is 1. The molecule has 0 aromatic heterocycles. The Hall–Kier alpha value is -2.37. The summed E-state index contributed by atoms with van der Waals surface area (Å²) in [5, 5.41) is 2.42. The van der Waals surface area contributed by atoms with Crippen molar-refractivity contribution in [2.24, 2.45) is 17.3 Å². The molecule has 1 N–H and O–H groups in total. The van der Waals surface area contributed by atoms with Crippen LogP contribution in [0.2, 0.25) is 0 Å². The van der Waals surface area contributed by atoms with Crippen LogP contribution in [0.4, 0.5) is 10.5 Å². The molecule has 0 aliphatic carbocycles. The van der Waals surface area contributed by atoms with Gasteiger partial charge in [-0.15, -0.1) is 0 Å². The topological polar surface area (TPSA) is 69.7 Å². The van der Waals surface area contributed by atoms with E-state index in [9.17, 15) is 14.4 Å². The number of fused-ring (bicyclic) bond motifs is 4. The zero-order valence-electron chi connectivity index (χ0n) is 14.8. The zero-order valence-corrected chi connectivity index (χ0v) is 14.8. The summed E-state index contributed by atoms with van der Waals surface area (Å²) < 4.78 is 0. The highest BCUT2D eigenvalue weighted by molar-refractivity contribution is 6.20. The van der Waals surface area contributed by atoms with E-state index in [1.807, 2.05) is 18.2 Å². The van der Waals surface area contributed by atoms with Gasteiger partial charge >= 0.3 is 6.03 Å². The van der Waals surface area contributed by atoms with Crippen LogP contribution in [-0.2, 0) is 16.0 Å². The number of urea groups is 1. The largest absolute Gasteiger partial charge is 0.366 e. The number of imide groups is 2. The number of carbonyl (C=O) groups excluding carboxylic acids is 3. The third-order valence-corrected chi connectivity index (χ3v) is 6.05. The quantitative estimate of drug-likeness (QED) is 0.731. The Morgan fingerprint density at radius 3 is 2.64 bits per heavy atom. The van der Waals surface area contributed by atoms with E-state index >= 15 is 0 Å². The Morgan fingerprint density at radius 2 is 1.88 bits per heavy atom. The van der Waals surface area contributed by atoms with Crippen LogP contribution in [0.3, 0.4) is 0 Å². The Kier molecular flexibility index (Phi) is 3.42. The van der Waals surface area contributed by atoms with E-state index in [2.05, 4.69) is 30.1 Å². The lowest BCUT2D eigenvalue weighted by Crippen LogP contribution is -2.73. The molecule has 132 valence electrons. The van der Waals surface area contributed by atoms with Gasteiger partial charge in [0.25, 0.3) is 0 Å². The van der Waals surface area contributed by atoms with Crippen molar-refractivity contribution >= 4 is 23.5 Å². The molecule has 6 nitrogen and oxygen atoms in total. The van der Waals surface area contributed by atoms with E-state index in [1.165, 1.54) is 7.05 Å². The van der Waals surface area contributed by atoms with Crippen LogP contribution in [0.1, 0.15) is 25.8 Å². The number of para-hydroxylation sites is 1. The first-order valence-corrected chi connectivity index (χ1v) is 8.84. The van der Waals surface area contributed by atoms with Crippen LogP contribution in [-0.4, -0.2) is 42.4 Å². The molecule has 1 aromatic rings. The molecule has 0 radical (unpaired) electrons. The molecule has 4 rings (SSSR count). The standard InChI is InChI=1S/C19H23N3O3/c1-11-8-12(2)15-19(16(23)20-18(25)21(3)17(19)24)9-13-6-4-5-7-14(13)22(15)10-11/h4-7,11-12,15H,8-10H2,1-3H3,(H,20,23,25)/t11-,12+,15+,19-/m1/s1. The number of nitrogens with one attached hydrogen (secondary N) is 1. The minimum absolute atomic E-state index is 0.174. The molecule has 25 heavy (non-hydrogen) atoms. The minimum atomic E-state index is -1.24. The Morgan fingerprint density at radius 1 is 1.16 bits per heavy atom. The first-order chi connectivity index (χ1) is 11.9. The average molecular weight is 341 g/mol. The summed E-state index contributed by atoms with van der Waals surface area (Å²) in [4.78, 5) is 41.5. The van der Waals surface area contributed by atoms with Gasteiger partial charge in [0, 0.05) is 19.3 Å². The van der Waals surface area contributed by atoms with Crippen molar-refractivity contribution in [3.8, 4) is 0 Å². The van der Waals surface area contributed by atoms with Crippen LogP contribution in [0.15, 0.2) is 24.3 Å². The van der Waals surface area contributed by atoms with Gasteiger partial charge in [0.1, 0.15) is 0 Å². The molecule has 0 saturated carbocycles. The van der Waals surface area contributed by atoms with Crippen LogP contribution in [0.25, 0.3) is 0 Å². The van der Waals surface area contributed by atoms with Gasteiger partial charge in [-0.3, -0.25) is 19.8 Å². The average Bonchev–Trinajstić information content (AvgIpc) is 2.57. The van der Waals surface area contributed by atoms with Gasteiger partial charge in [-0.1, -0.05) is 32.0 Å². The number of benzene rings is 1. The van der Waals surface area contributed by atoms with Crippen molar-refractivity contribution in [2.45, 2.75) is 32.7 Å². The maximum absolute atomic E-state index is 13.2. The predicted octanol–water partition coefficient (Wildman–Crippen LogP) is 1.79. The van der Waals surface area contributed by atoms with Crippen molar-refractivity contribution in [1.29, 1.82) is 0 Å². The minimum Gasteiger partial charge on any atom is -0.366 e. The summed E-state index contributed by atoms with van der Waals surface area (Å²) in [7, 11) is 1.45. The molecule has 3 heterocycles. The maximum Gasteiger partial charge on any atom is 0.330 e. The summed E-state index contributed by atoms with van der Waals surface area (Å²) in [6.07, 6.45) is 1.30. The van der Waals surface area contributed by atoms with E-state index in [0.717, 1.165) is 29.1 Å². The number of hydrogen-bond acceptors (Lipinski definition) is 4. The van der Waals surface area contributed by atoms with Crippen molar-refractivity contribution in [2.75, 3.05) is 18.5 Å². The highest BCUT2D eigenvalue weighted by Crippen LogP contribution is 2.49. The molecule has 2 saturated heterocycles. The van der Waals surface area contributed by atoms with Crippen LogP contribution >= 0.6 is 0 Å². The second kappa shape index (κ2) is 5.31. The highest BCUT2D eigenvalue weighted by Gasteiger charge is 2.63. The number of carbonyl (C=O) groups is 3. The van der Waals surface area contributed by atoms with Crippen molar-refractivity contribution in [3.05, 3.63) is 29.8 Å². The van der Waals surface area contributed by atoms with Gasteiger partial charge in [-0.2, -0.15) is 0 Å². The van der Waals surface area contributed by atoms with Gasteiger partial charge in [0.05, 0.1) is 6.04 Å². The molecular formula is C19H23N3O3. The second-order valence-corrected chi connectivity index (χ2v) is 7.82. The number of piperidine rings is 1. The van der Waals surface area contributed by atoms with Crippen molar-refractivity contribution < 1.29 is 14.4 Å². The molecule has 4 amide bonds. The van der Waals surface area contributed by atoms with Gasteiger partial charge in [-0.05, 0) is 36.3 Å². The van der Waals surface area contributed by atoms with Crippen LogP contribution in [0, 0.1) is 17.3 Å². The summed E-state index contributed by atoms with van der Waals surface area (Å²) in [5.41, 5.74) is 0.860. The normalized spacial score (nSPS) is 34.7. The fourth-order valence-electron chi connectivity index (χ4n) is 5.14. The third-order valence-electron chi connectivity index (χ3n) is 6.05. The molecule has 0 unspecified atom stereocenters. The van der Waals surface area contributed by atoms with E-state index in [-0.39, 0.29) is 17.9 Å². The Labute approximate surface area is 147 Å². The second-order valence-electron chi connectivity index (χ2n) is 7.82. The van der Waals surface area contributed by atoms with Crippen LogP contribution in [0.5, 0.6) is 0 Å². The first-order valence-electron chi connectivity index (χ1n) is 8.84. The summed E-state index contributed by atoms with van der Waals surface area (Å²) in [6, 6.07) is 7.11. The summed E-state index contributed by atoms with van der Waals surface area (Å²) >= 11 is 0. The van der Waals surface area contributed by atoms with Gasteiger partial charge < -0.3 is 4.90 Å². The fourth-order valence-corrected chi connectivity index (χ4v) is 5.14. The SMILES string of the molecule is C[C@@H]1C[C@H](C)[C@@H]2N(C1)c1ccccc1C[C@]21C(=O)NC(=O)N(C)C1=O. The third kappa shape index (κ3) is 2.06. The van der Waals surface area contributed by atoms with Crippen molar-refractivity contribution in [1.82, 2.24) is 10.2 Å². The number of hydrogen-bond donors (Lipinski definition) is 1. The molecule has 1 spiro atoms. The lowest BCUT2D eigenvalue weighted by Gasteiger charge is -2.56. The van der Waals surface area contributed by atoms with E-state index < -0.39 is 17.4 Å². The number of rotatable bonds is 0. The summed E-state index contributed by atoms with van der Waals surface area (Å²) in [5.74, 6) is -0.178. The monoisotopic (exact) mass is 341 g/mol. The lowest BCUT2D eigenvalue weighted by atomic mass is 9.62. The predicted molar refractivity (Wildman–Crippen MR) is 93.0 cm³/mol. The molecular weight excluding hydrogens is 318 g/mol. The van der Waals surface area contributed by atoms with E-state index in [4.69, 9.17) is 0 Å². The summed E-state index contributed by atoms with van der Waals surface area (Å²) in [6.45, 7) is 5.13. The van der Waals surface area contributed by atoms with Crippen LogP contribution < -0.4 is 10.2 Å². The first kappa shape index (κ1) is 16.1. The number of amides is 4.